The molecule has 0 spiro atoms. The highest BCUT2D eigenvalue weighted by Crippen LogP contribution is 1.99. The summed E-state index contributed by atoms with van der Waals surface area (Å²) in [7, 11) is 0. The molecule has 0 aliphatic heterocycles. The summed E-state index contributed by atoms with van der Waals surface area (Å²) >= 11 is 1.87. The molecule has 0 aromatic carbocycles. The summed E-state index contributed by atoms with van der Waals surface area (Å²) in [4.78, 5) is 0. The van der Waals surface area contributed by atoms with E-state index >= 15 is 0 Å². The molecule has 0 saturated heterocycles. The Labute approximate surface area is 102 Å². The summed E-state index contributed by atoms with van der Waals surface area (Å²) in [6.45, 7) is 7.22. The Hall–Kier alpha value is -0.550. The Morgan fingerprint density at radius 3 is 3.00 bits per heavy atom. The lowest BCUT2D eigenvalue weighted by Crippen LogP contribution is -2.19. The van der Waals surface area contributed by atoms with E-state index in [1.165, 1.54) is 5.75 Å². The van der Waals surface area contributed by atoms with Crippen molar-refractivity contribution >= 4 is 11.8 Å². The average Bonchev–Trinajstić information content (AvgIpc) is 2.66. The zero-order chi connectivity index (χ0) is 11.8. The third kappa shape index (κ3) is 5.51. The van der Waals surface area contributed by atoms with E-state index in [2.05, 4.69) is 35.7 Å². The minimum atomic E-state index is 0.677. The van der Waals surface area contributed by atoms with E-state index in [-0.39, 0.29) is 0 Å². The first kappa shape index (κ1) is 13.5. The first-order valence-corrected chi connectivity index (χ1v) is 7.20. The zero-order valence-electron chi connectivity index (χ0n) is 10.4. The van der Waals surface area contributed by atoms with Crippen LogP contribution in [-0.4, -0.2) is 33.5 Å². The fraction of sp³-hybridized carbons (Fsp3) is 0.818. The number of nitrogens with zero attached hydrogens (tertiary/aromatic N) is 3. The summed E-state index contributed by atoms with van der Waals surface area (Å²) in [5, 5.41) is 11.6. The lowest BCUT2D eigenvalue weighted by Gasteiger charge is -2.04. The van der Waals surface area contributed by atoms with Crippen molar-refractivity contribution in [3.63, 3.8) is 0 Å². The number of hydrogen-bond donors (Lipinski definition) is 1. The molecule has 0 atom stereocenters. The SMILES string of the molecule is CSCCCn1cc(CNCC(C)C)nn1. The molecule has 1 rings (SSSR count). The molecule has 0 saturated carbocycles. The quantitative estimate of drug-likeness (QED) is 0.706. The van der Waals surface area contributed by atoms with Crippen LogP contribution in [0.2, 0.25) is 0 Å². The van der Waals surface area contributed by atoms with Gasteiger partial charge in [0.05, 0.1) is 5.69 Å². The Bertz CT molecular complexity index is 285. The highest BCUT2D eigenvalue weighted by molar-refractivity contribution is 7.98. The van der Waals surface area contributed by atoms with Gasteiger partial charge in [-0.25, -0.2) is 0 Å². The lowest BCUT2D eigenvalue weighted by molar-refractivity contribution is 0.547. The molecule has 1 aromatic rings. The van der Waals surface area contributed by atoms with Crippen LogP contribution in [0.1, 0.15) is 26.0 Å². The van der Waals surface area contributed by atoms with Gasteiger partial charge in [0.25, 0.3) is 0 Å². The van der Waals surface area contributed by atoms with Crippen molar-refractivity contribution in [2.75, 3.05) is 18.6 Å². The Morgan fingerprint density at radius 1 is 1.50 bits per heavy atom. The van der Waals surface area contributed by atoms with Gasteiger partial charge in [-0.1, -0.05) is 19.1 Å². The van der Waals surface area contributed by atoms with E-state index in [1.807, 2.05) is 22.6 Å². The molecule has 0 amide bonds. The summed E-state index contributed by atoms with van der Waals surface area (Å²) in [5.74, 6) is 1.86. The van der Waals surface area contributed by atoms with Crippen LogP contribution in [-0.2, 0) is 13.1 Å². The molecule has 1 N–H and O–H groups in total. The second-order valence-corrected chi connectivity index (χ2v) is 5.33. The fourth-order valence-electron chi connectivity index (χ4n) is 1.39. The first-order valence-electron chi connectivity index (χ1n) is 5.81. The number of nitrogens with one attached hydrogen (secondary N) is 1. The summed E-state index contributed by atoms with van der Waals surface area (Å²) < 4.78 is 1.93. The van der Waals surface area contributed by atoms with Crippen LogP contribution < -0.4 is 5.32 Å². The largest absolute Gasteiger partial charge is 0.311 e. The molecule has 0 bridgehead atoms. The van der Waals surface area contributed by atoms with E-state index in [1.54, 1.807) is 0 Å². The van der Waals surface area contributed by atoms with Gasteiger partial charge in [-0.15, -0.1) is 5.10 Å². The maximum Gasteiger partial charge on any atom is 0.0964 e. The van der Waals surface area contributed by atoms with Gasteiger partial charge in [-0.2, -0.15) is 11.8 Å². The number of aryl methyl sites for hydroxylation is 1. The van der Waals surface area contributed by atoms with E-state index in [0.717, 1.165) is 31.7 Å². The van der Waals surface area contributed by atoms with Gasteiger partial charge >= 0.3 is 0 Å². The second kappa shape index (κ2) is 7.68. The van der Waals surface area contributed by atoms with Gasteiger partial charge in [0.1, 0.15) is 0 Å². The molecule has 16 heavy (non-hydrogen) atoms. The maximum absolute atomic E-state index is 4.14. The standard InChI is InChI=1S/C11H22N4S/c1-10(2)7-12-8-11-9-15(14-13-11)5-4-6-16-3/h9-10,12H,4-8H2,1-3H3. The van der Waals surface area contributed by atoms with Crippen LogP contribution >= 0.6 is 11.8 Å². The normalized spacial score (nSPS) is 11.2. The molecule has 5 heteroatoms. The van der Waals surface area contributed by atoms with Crippen LogP contribution in [0.15, 0.2) is 6.20 Å². The van der Waals surface area contributed by atoms with E-state index in [9.17, 15) is 0 Å². The predicted octanol–water partition coefficient (Wildman–Crippen LogP) is 1.78. The van der Waals surface area contributed by atoms with Crippen molar-refractivity contribution in [1.82, 2.24) is 20.3 Å². The van der Waals surface area contributed by atoms with Crippen LogP contribution in [0.4, 0.5) is 0 Å². The number of aromatic nitrogens is 3. The lowest BCUT2D eigenvalue weighted by atomic mass is 10.2. The Balaban J connectivity index is 2.22. The molecule has 0 fully saturated rings. The molecular weight excluding hydrogens is 220 g/mol. The average molecular weight is 242 g/mol. The number of rotatable bonds is 8. The smallest absolute Gasteiger partial charge is 0.0964 e. The minimum absolute atomic E-state index is 0.677. The molecule has 92 valence electrons. The van der Waals surface area contributed by atoms with E-state index in [4.69, 9.17) is 0 Å². The number of thioether (sulfide) groups is 1. The van der Waals surface area contributed by atoms with Crippen molar-refractivity contribution in [1.29, 1.82) is 0 Å². The van der Waals surface area contributed by atoms with Crippen molar-refractivity contribution in [2.24, 2.45) is 5.92 Å². The molecule has 0 unspecified atom stereocenters. The first-order chi connectivity index (χ1) is 7.72. The van der Waals surface area contributed by atoms with Crippen molar-refractivity contribution in [2.45, 2.75) is 33.4 Å². The van der Waals surface area contributed by atoms with Crippen LogP contribution in [0.5, 0.6) is 0 Å². The maximum atomic E-state index is 4.14. The Kier molecular flexibility index (Phi) is 6.49. The van der Waals surface area contributed by atoms with Crippen molar-refractivity contribution in [3.05, 3.63) is 11.9 Å². The van der Waals surface area contributed by atoms with Gasteiger partial charge in [0, 0.05) is 19.3 Å². The summed E-state index contributed by atoms with van der Waals surface area (Å²) in [6.07, 6.45) is 5.32. The van der Waals surface area contributed by atoms with Gasteiger partial charge in [0.2, 0.25) is 0 Å². The summed E-state index contributed by atoms with van der Waals surface area (Å²) in [5.41, 5.74) is 1.03. The van der Waals surface area contributed by atoms with Gasteiger partial charge in [0.15, 0.2) is 0 Å². The monoisotopic (exact) mass is 242 g/mol. The van der Waals surface area contributed by atoms with E-state index < -0.39 is 0 Å². The van der Waals surface area contributed by atoms with E-state index in [0.29, 0.717) is 5.92 Å². The molecule has 1 aromatic heterocycles. The molecular formula is C11H22N4S. The molecule has 4 nitrogen and oxygen atoms in total. The third-order valence-electron chi connectivity index (χ3n) is 2.18. The topological polar surface area (TPSA) is 42.7 Å². The van der Waals surface area contributed by atoms with Gasteiger partial charge < -0.3 is 5.32 Å². The van der Waals surface area contributed by atoms with Gasteiger partial charge in [-0.3, -0.25) is 4.68 Å². The summed E-state index contributed by atoms with van der Waals surface area (Å²) in [6, 6.07) is 0. The zero-order valence-corrected chi connectivity index (χ0v) is 11.3. The second-order valence-electron chi connectivity index (χ2n) is 4.34. The van der Waals surface area contributed by atoms with Crippen LogP contribution in [0.25, 0.3) is 0 Å². The molecule has 0 aliphatic rings. The van der Waals surface area contributed by atoms with Crippen molar-refractivity contribution < 1.29 is 0 Å². The molecule has 0 radical (unpaired) electrons. The highest BCUT2D eigenvalue weighted by atomic mass is 32.2. The molecule has 1 heterocycles. The minimum Gasteiger partial charge on any atom is -0.311 e. The predicted molar refractivity (Wildman–Crippen MR) is 69.6 cm³/mol. The van der Waals surface area contributed by atoms with Crippen LogP contribution in [0.3, 0.4) is 0 Å². The van der Waals surface area contributed by atoms with Crippen molar-refractivity contribution in [3.8, 4) is 0 Å². The third-order valence-corrected chi connectivity index (χ3v) is 2.88. The van der Waals surface area contributed by atoms with Crippen LogP contribution in [0, 0.1) is 5.92 Å². The molecule has 0 aliphatic carbocycles. The highest BCUT2D eigenvalue weighted by Gasteiger charge is 2.00. The Morgan fingerprint density at radius 2 is 2.31 bits per heavy atom. The van der Waals surface area contributed by atoms with Gasteiger partial charge in [-0.05, 0) is 30.9 Å². The fourth-order valence-corrected chi connectivity index (χ4v) is 1.81. The number of hydrogen-bond acceptors (Lipinski definition) is 4.